The Morgan fingerprint density at radius 3 is 2.60 bits per heavy atom. The summed E-state index contributed by atoms with van der Waals surface area (Å²) in [4.78, 5) is 13.9. The molecule has 78 valence electrons. The summed E-state index contributed by atoms with van der Waals surface area (Å²) in [5, 5.41) is 7.29. The van der Waals surface area contributed by atoms with Gasteiger partial charge >= 0.3 is 0 Å². The van der Waals surface area contributed by atoms with Gasteiger partial charge in [-0.15, -0.1) is 0 Å². The maximum Gasteiger partial charge on any atom is 0.272 e. The van der Waals surface area contributed by atoms with Gasteiger partial charge in [-0.05, 0) is 11.6 Å². The van der Waals surface area contributed by atoms with Crippen LogP contribution in [0, 0.1) is 17.1 Å². The molecule has 0 radical (unpaired) electrons. The quantitative estimate of drug-likeness (QED) is 0.739. The zero-order valence-corrected chi connectivity index (χ0v) is 7.73. The van der Waals surface area contributed by atoms with E-state index < -0.39 is 34.3 Å². The molecular formula is C8H2ClF3N2O. The molecule has 0 aliphatic rings. The minimum absolute atomic E-state index is 0.483. The number of pyridine rings is 1. The normalized spacial score (nSPS) is 10.1. The topological polar surface area (TPSA) is 53.8 Å². The molecule has 0 aromatic carbocycles. The Morgan fingerprint density at radius 1 is 1.60 bits per heavy atom. The number of halogens is 4. The fourth-order valence-electron chi connectivity index (χ4n) is 0.907. The van der Waals surface area contributed by atoms with Crippen molar-refractivity contribution in [3.63, 3.8) is 0 Å². The fourth-order valence-corrected chi connectivity index (χ4v) is 1.05. The van der Waals surface area contributed by atoms with E-state index >= 15 is 0 Å². The molecule has 1 rings (SSSR count). The maximum absolute atomic E-state index is 13.2. The van der Waals surface area contributed by atoms with Crippen LogP contribution >= 0.6 is 11.6 Å². The summed E-state index contributed by atoms with van der Waals surface area (Å²) >= 11 is 4.98. The smallest absolute Gasteiger partial charge is 0.272 e. The SMILES string of the molecule is N#Cc1c(C(=O)Cl)ncc(C(F)F)c1F. The van der Waals surface area contributed by atoms with Crippen LogP contribution in [0.3, 0.4) is 0 Å². The lowest BCUT2D eigenvalue weighted by Crippen LogP contribution is -2.05. The van der Waals surface area contributed by atoms with Crippen molar-refractivity contribution < 1.29 is 18.0 Å². The van der Waals surface area contributed by atoms with Gasteiger partial charge in [-0.2, -0.15) is 5.26 Å². The van der Waals surface area contributed by atoms with Crippen molar-refractivity contribution in [2.45, 2.75) is 6.43 Å². The molecule has 0 saturated heterocycles. The summed E-state index contributed by atoms with van der Waals surface area (Å²) in [5.74, 6) is -1.47. The number of alkyl halides is 2. The number of nitriles is 1. The number of rotatable bonds is 2. The minimum Gasteiger partial charge on any atom is -0.274 e. The third kappa shape index (κ3) is 2.07. The molecule has 3 nitrogen and oxygen atoms in total. The molecule has 0 saturated carbocycles. The average molecular weight is 235 g/mol. The van der Waals surface area contributed by atoms with Crippen molar-refractivity contribution in [2.24, 2.45) is 0 Å². The molecule has 0 atom stereocenters. The molecule has 1 heterocycles. The highest BCUT2D eigenvalue weighted by Crippen LogP contribution is 2.24. The van der Waals surface area contributed by atoms with E-state index in [0.717, 1.165) is 0 Å². The van der Waals surface area contributed by atoms with Crippen LogP contribution in [0.15, 0.2) is 6.20 Å². The molecule has 0 unspecified atom stereocenters. The van der Waals surface area contributed by atoms with Crippen molar-refractivity contribution in [1.82, 2.24) is 4.98 Å². The average Bonchev–Trinajstić information content (AvgIpc) is 2.16. The third-order valence-electron chi connectivity index (χ3n) is 1.58. The van der Waals surface area contributed by atoms with E-state index in [1.807, 2.05) is 0 Å². The van der Waals surface area contributed by atoms with Gasteiger partial charge in [0.15, 0.2) is 5.82 Å². The summed E-state index contributed by atoms with van der Waals surface area (Å²) in [6.07, 6.45) is -2.62. The Labute approximate surface area is 87.1 Å². The Balaban J connectivity index is 3.48. The molecular weight excluding hydrogens is 233 g/mol. The lowest BCUT2D eigenvalue weighted by atomic mass is 10.1. The van der Waals surface area contributed by atoms with Crippen molar-refractivity contribution in [3.8, 4) is 6.07 Å². The molecule has 1 aromatic heterocycles. The summed E-state index contributed by atoms with van der Waals surface area (Å²) in [7, 11) is 0. The molecule has 0 aliphatic heterocycles. The van der Waals surface area contributed by atoms with Gasteiger partial charge in [-0.1, -0.05) is 0 Å². The van der Waals surface area contributed by atoms with Gasteiger partial charge in [0.05, 0.1) is 5.56 Å². The van der Waals surface area contributed by atoms with E-state index in [0.29, 0.717) is 6.20 Å². The Morgan fingerprint density at radius 2 is 2.20 bits per heavy atom. The minimum atomic E-state index is -3.11. The number of aromatic nitrogens is 1. The Hall–Kier alpha value is -1.61. The van der Waals surface area contributed by atoms with Gasteiger partial charge in [0.1, 0.15) is 17.3 Å². The predicted molar refractivity (Wildman–Crippen MR) is 44.1 cm³/mol. The first-order valence-corrected chi connectivity index (χ1v) is 3.93. The standard InChI is InChI=1S/C8H2ClF3N2O/c9-7(15)6-3(1-13)5(10)4(2-14-6)8(11)12/h2,8H. The zero-order valence-electron chi connectivity index (χ0n) is 6.97. The number of hydrogen-bond donors (Lipinski definition) is 0. The van der Waals surface area contributed by atoms with Crippen LogP contribution in [0.25, 0.3) is 0 Å². The number of carbonyl (C=O) groups excluding carboxylic acids is 1. The molecule has 0 aliphatic carbocycles. The van der Waals surface area contributed by atoms with E-state index in [-0.39, 0.29) is 0 Å². The van der Waals surface area contributed by atoms with E-state index in [4.69, 9.17) is 16.9 Å². The summed E-state index contributed by atoms with van der Waals surface area (Å²) in [5.41, 5.74) is -2.57. The van der Waals surface area contributed by atoms with Gasteiger partial charge < -0.3 is 0 Å². The molecule has 0 bridgehead atoms. The Kier molecular flexibility index (Phi) is 3.27. The first-order chi connectivity index (χ1) is 6.99. The van der Waals surface area contributed by atoms with Crippen molar-refractivity contribution in [2.75, 3.05) is 0 Å². The van der Waals surface area contributed by atoms with Crippen LogP contribution in [0.1, 0.15) is 28.0 Å². The first kappa shape index (κ1) is 11.5. The molecule has 0 fully saturated rings. The van der Waals surface area contributed by atoms with E-state index in [9.17, 15) is 18.0 Å². The van der Waals surface area contributed by atoms with Crippen LogP contribution in [-0.2, 0) is 0 Å². The van der Waals surface area contributed by atoms with Crippen LogP contribution in [-0.4, -0.2) is 10.2 Å². The largest absolute Gasteiger partial charge is 0.274 e. The van der Waals surface area contributed by atoms with Crippen LogP contribution < -0.4 is 0 Å². The predicted octanol–water partition coefficient (Wildman–Crippen LogP) is 2.41. The van der Waals surface area contributed by atoms with Crippen molar-refractivity contribution in [1.29, 1.82) is 5.26 Å². The van der Waals surface area contributed by atoms with Gasteiger partial charge in [0, 0.05) is 6.20 Å². The fraction of sp³-hybridized carbons (Fsp3) is 0.125. The van der Waals surface area contributed by atoms with Gasteiger partial charge in [0.2, 0.25) is 0 Å². The molecule has 15 heavy (non-hydrogen) atoms. The second-order valence-corrected chi connectivity index (χ2v) is 2.78. The Bertz CT molecular complexity index is 456. The van der Waals surface area contributed by atoms with Crippen molar-refractivity contribution in [3.05, 3.63) is 28.8 Å². The second-order valence-electron chi connectivity index (χ2n) is 2.44. The highest BCUT2D eigenvalue weighted by molar-refractivity contribution is 6.67. The van der Waals surface area contributed by atoms with E-state index in [1.165, 1.54) is 6.07 Å². The zero-order chi connectivity index (χ0) is 11.6. The molecule has 0 amide bonds. The van der Waals surface area contributed by atoms with Crippen LogP contribution in [0.2, 0.25) is 0 Å². The number of nitrogens with zero attached hydrogens (tertiary/aromatic N) is 2. The lowest BCUT2D eigenvalue weighted by Gasteiger charge is -2.04. The lowest BCUT2D eigenvalue weighted by molar-refractivity contribution is 0.107. The second kappa shape index (κ2) is 4.28. The highest BCUT2D eigenvalue weighted by atomic mass is 35.5. The van der Waals surface area contributed by atoms with Crippen LogP contribution in [0.5, 0.6) is 0 Å². The van der Waals surface area contributed by atoms with Gasteiger partial charge in [0.25, 0.3) is 11.7 Å². The van der Waals surface area contributed by atoms with Gasteiger partial charge in [-0.25, -0.2) is 18.2 Å². The van der Waals surface area contributed by atoms with E-state index in [2.05, 4.69) is 4.98 Å². The molecule has 7 heteroatoms. The van der Waals surface area contributed by atoms with Crippen LogP contribution in [0.4, 0.5) is 13.2 Å². The summed E-state index contributed by atoms with van der Waals surface area (Å²) in [6, 6.07) is 1.26. The molecule has 0 N–H and O–H groups in total. The molecule has 1 aromatic rings. The maximum atomic E-state index is 13.2. The number of hydrogen-bond acceptors (Lipinski definition) is 3. The van der Waals surface area contributed by atoms with Crippen molar-refractivity contribution >= 4 is 16.8 Å². The summed E-state index contributed by atoms with van der Waals surface area (Å²) in [6.45, 7) is 0. The highest BCUT2D eigenvalue weighted by Gasteiger charge is 2.22. The summed E-state index contributed by atoms with van der Waals surface area (Å²) < 4.78 is 37.5. The number of carbonyl (C=O) groups is 1. The third-order valence-corrected chi connectivity index (χ3v) is 1.75. The van der Waals surface area contributed by atoms with Gasteiger partial charge in [-0.3, -0.25) is 4.79 Å². The monoisotopic (exact) mass is 234 g/mol. The van der Waals surface area contributed by atoms with E-state index in [1.54, 1.807) is 0 Å². The molecule has 0 spiro atoms. The first-order valence-electron chi connectivity index (χ1n) is 3.55.